The van der Waals surface area contributed by atoms with Gasteiger partial charge in [0, 0.05) is 26.1 Å². The minimum Gasteiger partial charge on any atom is -0.322 e. The molecular formula is C22H13BrCl2N2O. The molecule has 0 radical (unpaired) electrons. The number of hydrogen-bond donors (Lipinski definition) is 1. The number of halogens is 3. The zero-order chi connectivity index (χ0) is 19.7. The van der Waals surface area contributed by atoms with Crippen molar-refractivity contribution in [3.8, 4) is 11.3 Å². The summed E-state index contributed by atoms with van der Waals surface area (Å²) >= 11 is 16.1. The maximum atomic E-state index is 13.2. The maximum Gasteiger partial charge on any atom is 0.257 e. The summed E-state index contributed by atoms with van der Waals surface area (Å²) in [6, 6.07) is 22.1. The molecule has 3 nitrogen and oxygen atoms in total. The quantitative estimate of drug-likeness (QED) is 0.342. The van der Waals surface area contributed by atoms with Crippen molar-refractivity contribution in [2.45, 2.75) is 0 Å². The molecule has 1 heterocycles. The number of anilines is 1. The van der Waals surface area contributed by atoms with Crippen LogP contribution >= 0.6 is 39.1 Å². The average molecular weight is 472 g/mol. The molecular weight excluding hydrogens is 459 g/mol. The molecule has 0 spiro atoms. The van der Waals surface area contributed by atoms with E-state index < -0.39 is 0 Å². The third-order valence-corrected chi connectivity index (χ3v) is 5.38. The van der Waals surface area contributed by atoms with Gasteiger partial charge in [-0.3, -0.25) is 4.79 Å². The Labute approximate surface area is 180 Å². The highest BCUT2D eigenvalue weighted by Crippen LogP contribution is 2.35. The Morgan fingerprint density at radius 2 is 1.64 bits per heavy atom. The van der Waals surface area contributed by atoms with Crippen LogP contribution in [0.5, 0.6) is 0 Å². The summed E-state index contributed by atoms with van der Waals surface area (Å²) in [6.45, 7) is 0. The van der Waals surface area contributed by atoms with E-state index in [1.54, 1.807) is 24.3 Å². The van der Waals surface area contributed by atoms with Gasteiger partial charge in [-0.1, -0.05) is 69.5 Å². The zero-order valence-electron chi connectivity index (χ0n) is 14.4. The third kappa shape index (κ3) is 3.76. The lowest BCUT2D eigenvalue weighted by Gasteiger charge is -2.14. The lowest BCUT2D eigenvalue weighted by molar-refractivity contribution is 0.102. The molecule has 28 heavy (non-hydrogen) atoms. The molecule has 0 fully saturated rings. The molecule has 0 atom stereocenters. The lowest BCUT2D eigenvalue weighted by atomic mass is 10.0. The van der Waals surface area contributed by atoms with Crippen LogP contribution in [-0.2, 0) is 0 Å². The molecule has 0 aliphatic rings. The predicted octanol–water partition coefficient (Wildman–Crippen LogP) is 7.22. The summed E-state index contributed by atoms with van der Waals surface area (Å²) in [5.41, 5.74) is 3.11. The van der Waals surface area contributed by atoms with Crippen molar-refractivity contribution in [2.75, 3.05) is 5.32 Å². The molecule has 0 saturated heterocycles. The standard InChI is InChI=1S/C22H13BrCl2N2O/c23-14-6-11-18-17(12-14)19(22(28)26-16-9-7-15(24)8-10-16)20(25)21(27-18)13-4-2-1-3-5-13/h1-12H,(H,26,28). The molecule has 1 N–H and O–H groups in total. The van der Waals surface area contributed by atoms with Gasteiger partial charge in [-0.2, -0.15) is 0 Å². The number of nitrogens with one attached hydrogen (secondary N) is 1. The first-order chi connectivity index (χ1) is 13.5. The number of benzene rings is 3. The highest BCUT2D eigenvalue weighted by Gasteiger charge is 2.21. The van der Waals surface area contributed by atoms with E-state index in [0.29, 0.717) is 37.9 Å². The zero-order valence-corrected chi connectivity index (χ0v) is 17.5. The van der Waals surface area contributed by atoms with Gasteiger partial charge in [0.2, 0.25) is 0 Å². The number of nitrogens with zero attached hydrogens (tertiary/aromatic N) is 1. The topological polar surface area (TPSA) is 42.0 Å². The van der Waals surface area contributed by atoms with Crippen LogP contribution in [0.4, 0.5) is 5.69 Å². The number of pyridine rings is 1. The SMILES string of the molecule is O=C(Nc1ccc(Cl)cc1)c1c(Cl)c(-c2ccccc2)nc2ccc(Br)cc12. The number of fused-ring (bicyclic) bond motifs is 1. The third-order valence-electron chi connectivity index (χ3n) is 4.26. The Balaban J connectivity index is 1.89. The maximum absolute atomic E-state index is 13.2. The molecule has 0 saturated carbocycles. The number of aromatic nitrogens is 1. The Morgan fingerprint density at radius 3 is 2.36 bits per heavy atom. The van der Waals surface area contributed by atoms with Crippen LogP contribution in [0.15, 0.2) is 77.3 Å². The van der Waals surface area contributed by atoms with Crippen LogP contribution in [0.25, 0.3) is 22.2 Å². The second kappa shape index (κ2) is 7.92. The molecule has 3 aromatic carbocycles. The number of carbonyl (C=O) groups excluding carboxylic acids is 1. The van der Waals surface area contributed by atoms with Gasteiger partial charge in [-0.05, 0) is 42.5 Å². The van der Waals surface area contributed by atoms with E-state index in [1.165, 1.54) is 0 Å². The van der Waals surface area contributed by atoms with Gasteiger partial charge in [0.25, 0.3) is 5.91 Å². The fraction of sp³-hybridized carbons (Fsp3) is 0. The Morgan fingerprint density at radius 1 is 0.929 bits per heavy atom. The van der Waals surface area contributed by atoms with Crippen molar-refractivity contribution < 1.29 is 4.79 Å². The molecule has 0 unspecified atom stereocenters. The van der Waals surface area contributed by atoms with Gasteiger partial charge in [-0.25, -0.2) is 4.98 Å². The van der Waals surface area contributed by atoms with E-state index >= 15 is 0 Å². The summed E-state index contributed by atoms with van der Waals surface area (Å²) in [5.74, 6) is -0.310. The molecule has 0 bridgehead atoms. The van der Waals surface area contributed by atoms with Gasteiger partial charge in [-0.15, -0.1) is 0 Å². The monoisotopic (exact) mass is 470 g/mol. The largest absolute Gasteiger partial charge is 0.322 e. The molecule has 0 aliphatic heterocycles. The van der Waals surface area contributed by atoms with Crippen LogP contribution in [-0.4, -0.2) is 10.9 Å². The van der Waals surface area contributed by atoms with E-state index in [0.717, 1.165) is 10.0 Å². The Bertz CT molecular complexity index is 1180. The first-order valence-electron chi connectivity index (χ1n) is 8.44. The van der Waals surface area contributed by atoms with Crippen molar-refractivity contribution in [1.29, 1.82) is 0 Å². The van der Waals surface area contributed by atoms with E-state index in [-0.39, 0.29) is 5.91 Å². The van der Waals surface area contributed by atoms with Gasteiger partial charge < -0.3 is 5.32 Å². The van der Waals surface area contributed by atoms with Crippen LogP contribution < -0.4 is 5.32 Å². The van der Waals surface area contributed by atoms with Gasteiger partial charge >= 0.3 is 0 Å². The van der Waals surface area contributed by atoms with Crippen LogP contribution in [0.3, 0.4) is 0 Å². The van der Waals surface area contributed by atoms with Gasteiger partial charge in [0.1, 0.15) is 0 Å². The van der Waals surface area contributed by atoms with Crippen molar-refractivity contribution in [3.63, 3.8) is 0 Å². The van der Waals surface area contributed by atoms with Crippen molar-refractivity contribution in [1.82, 2.24) is 4.98 Å². The molecule has 138 valence electrons. The van der Waals surface area contributed by atoms with Crippen LogP contribution in [0.1, 0.15) is 10.4 Å². The van der Waals surface area contributed by atoms with Crippen molar-refractivity contribution in [3.05, 3.63) is 92.9 Å². The number of carbonyl (C=O) groups is 1. The van der Waals surface area contributed by atoms with Crippen molar-refractivity contribution in [2.24, 2.45) is 0 Å². The molecule has 4 rings (SSSR count). The summed E-state index contributed by atoms with van der Waals surface area (Å²) < 4.78 is 0.839. The summed E-state index contributed by atoms with van der Waals surface area (Å²) in [4.78, 5) is 17.9. The van der Waals surface area contributed by atoms with E-state index in [1.807, 2.05) is 48.5 Å². The summed E-state index contributed by atoms with van der Waals surface area (Å²) in [5, 5.41) is 4.47. The number of amides is 1. The fourth-order valence-corrected chi connectivity index (χ4v) is 3.77. The smallest absolute Gasteiger partial charge is 0.257 e. The first-order valence-corrected chi connectivity index (χ1v) is 9.99. The van der Waals surface area contributed by atoms with Gasteiger partial charge in [0.05, 0.1) is 21.8 Å². The minimum absolute atomic E-state index is 0.309. The lowest BCUT2D eigenvalue weighted by Crippen LogP contribution is -2.14. The average Bonchev–Trinajstić information content (AvgIpc) is 2.70. The molecule has 6 heteroatoms. The van der Waals surface area contributed by atoms with E-state index in [2.05, 4.69) is 21.2 Å². The molecule has 0 aliphatic carbocycles. The Kier molecular flexibility index (Phi) is 5.36. The van der Waals surface area contributed by atoms with Crippen LogP contribution in [0.2, 0.25) is 10.0 Å². The minimum atomic E-state index is -0.310. The van der Waals surface area contributed by atoms with Gasteiger partial charge in [0.15, 0.2) is 0 Å². The summed E-state index contributed by atoms with van der Waals surface area (Å²) in [6.07, 6.45) is 0. The first kappa shape index (κ1) is 18.9. The molecule has 4 aromatic rings. The van der Waals surface area contributed by atoms with E-state index in [9.17, 15) is 4.79 Å². The van der Waals surface area contributed by atoms with E-state index in [4.69, 9.17) is 28.2 Å². The highest BCUT2D eigenvalue weighted by atomic mass is 79.9. The van der Waals surface area contributed by atoms with Crippen molar-refractivity contribution >= 4 is 61.6 Å². The predicted molar refractivity (Wildman–Crippen MR) is 119 cm³/mol. The molecule has 1 amide bonds. The fourth-order valence-electron chi connectivity index (χ4n) is 2.95. The normalized spacial score (nSPS) is 10.8. The Hall–Kier alpha value is -2.40. The second-order valence-corrected chi connectivity index (χ2v) is 7.87. The second-order valence-electron chi connectivity index (χ2n) is 6.14. The number of rotatable bonds is 3. The highest BCUT2D eigenvalue weighted by molar-refractivity contribution is 9.10. The van der Waals surface area contributed by atoms with Crippen LogP contribution in [0, 0.1) is 0 Å². The molecule has 1 aromatic heterocycles. The number of hydrogen-bond acceptors (Lipinski definition) is 2. The summed E-state index contributed by atoms with van der Waals surface area (Å²) in [7, 11) is 0.